The van der Waals surface area contributed by atoms with E-state index in [2.05, 4.69) is 5.32 Å². The molecule has 0 aliphatic carbocycles. The molecule has 0 aromatic heterocycles. The van der Waals surface area contributed by atoms with Gasteiger partial charge < -0.3 is 10.1 Å². The molecule has 1 saturated heterocycles. The number of ether oxygens (including phenoxy) is 1. The number of amides is 3. The van der Waals surface area contributed by atoms with Crippen molar-refractivity contribution in [1.82, 2.24) is 4.90 Å². The second kappa shape index (κ2) is 10.9. The Morgan fingerprint density at radius 3 is 2.50 bits per heavy atom. The van der Waals surface area contributed by atoms with Crippen LogP contribution in [-0.2, 0) is 16.2 Å². The van der Waals surface area contributed by atoms with Crippen LogP contribution in [0, 0.1) is 13.8 Å². The average Bonchev–Trinajstić information content (AvgIpc) is 3.18. The predicted molar refractivity (Wildman–Crippen MR) is 152 cm³/mol. The number of hydrogen-bond donors (Lipinski definition) is 1. The lowest BCUT2D eigenvalue weighted by Gasteiger charge is -2.14. The Bertz CT molecular complexity index is 1580. The van der Waals surface area contributed by atoms with Gasteiger partial charge >= 0.3 is 0 Å². The van der Waals surface area contributed by atoms with Gasteiger partial charge in [0, 0.05) is 11.3 Å². The van der Waals surface area contributed by atoms with E-state index >= 15 is 0 Å². The number of carbonyl (C=O) groups is 3. The molecule has 38 heavy (non-hydrogen) atoms. The summed E-state index contributed by atoms with van der Waals surface area (Å²) in [5.41, 5.74) is 4.37. The minimum Gasteiger partial charge on any atom is -0.488 e. The normalized spacial score (nSPS) is 14.4. The van der Waals surface area contributed by atoms with Crippen molar-refractivity contribution >= 4 is 51.4 Å². The molecule has 190 valence electrons. The number of nitrogens with one attached hydrogen (secondary N) is 1. The Balaban J connectivity index is 1.40. The maximum absolute atomic E-state index is 13.3. The Morgan fingerprint density at radius 1 is 0.921 bits per heavy atom. The van der Waals surface area contributed by atoms with Gasteiger partial charge in [-0.25, -0.2) is 0 Å². The van der Waals surface area contributed by atoms with Gasteiger partial charge in [-0.05, 0) is 71.3 Å². The molecule has 1 aliphatic heterocycles. The lowest BCUT2D eigenvalue weighted by Crippen LogP contribution is -2.36. The fourth-order valence-corrected chi connectivity index (χ4v) is 5.09. The van der Waals surface area contributed by atoms with Crippen molar-refractivity contribution in [2.24, 2.45) is 0 Å². The van der Waals surface area contributed by atoms with Gasteiger partial charge in [0.05, 0.1) is 4.91 Å². The molecular weight excluding hydrogens is 496 g/mol. The highest BCUT2D eigenvalue weighted by molar-refractivity contribution is 8.18. The predicted octanol–water partition coefficient (Wildman–Crippen LogP) is 6.71. The van der Waals surface area contributed by atoms with Crippen molar-refractivity contribution in [1.29, 1.82) is 0 Å². The van der Waals surface area contributed by atoms with E-state index in [0.29, 0.717) is 23.6 Å². The molecule has 6 nitrogen and oxygen atoms in total. The molecule has 1 fully saturated rings. The van der Waals surface area contributed by atoms with Crippen LogP contribution in [0.4, 0.5) is 10.5 Å². The summed E-state index contributed by atoms with van der Waals surface area (Å²) < 4.78 is 6.15. The number of aryl methyl sites for hydroxylation is 1. The van der Waals surface area contributed by atoms with E-state index in [-0.39, 0.29) is 11.4 Å². The van der Waals surface area contributed by atoms with Gasteiger partial charge in [-0.15, -0.1) is 0 Å². The van der Waals surface area contributed by atoms with Gasteiger partial charge in [-0.2, -0.15) is 0 Å². The molecule has 1 heterocycles. The minimum absolute atomic E-state index is 0.246. The standard InChI is InChI=1S/C31H26N2O4S/c1-20-9-8-14-26(21(20)2)32-29(34)18-33-30(35)28(38-31(33)36)17-25-24-13-7-6-12-23(24)15-16-27(25)37-19-22-10-4-3-5-11-22/h3-17H,18-19H2,1-2H3,(H,32,34)/b28-17+. The van der Waals surface area contributed by atoms with Gasteiger partial charge in [-0.1, -0.05) is 72.8 Å². The summed E-state index contributed by atoms with van der Waals surface area (Å²) in [6, 6.07) is 27.1. The van der Waals surface area contributed by atoms with E-state index in [1.165, 1.54) is 0 Å². The average molecular weight is 523 g/mol. The van der Waals surface area contributed by atoms with E-state index in [9.17, 15) is 14.4 Å². The number of thioether (sulfide) groups is 1. The SMILES string of the molecule is Cc1cccc(NC(=O)CN2C(=O)S/C(=C/c3c(OCc4ccccc4)ccc4ccccc34)C2=O)c1C. The molecule has 5 rings (SSSR count). The second-order valence-corrected chi connectivity index (χ2v) is 10.0. The summed E-state index contributed by atoms with van der Waals surface area (Å²) in [6.07, 6.45) is 1.69. The number of fused-ring (bicyclic) bond motifs is 1. The van der Waals surface area contributed by atoms with Crippen molar-refractivity contribution < 1.29 is 19.1 Å². The van der Waals surface area contributed by atoms with Crippen molar-refractivity contribution in [3.8, 4) is 5.75 Å². The van der Waals surface area contributed by atoms with Crippen LogP contribution in [0.15, 0.2) is 89.8 Å². The van der Waals surface area contributed by atoms with Gasteiger partial charge in [0.25, 0.3) is 11.1 Å². The van der Waals surface area contributed by atoms with Gasteiger partial charge in [0.15, 0.2) is 0 Å². The minimum atomic E-state index is -0.502. The number of hydrogen-bond acceptors (Lipinski definition) is 5. The topological polar surface area (TPSA) is 75.7 Å². The third-order valence-electron chi connectivity index (χ3n) is 6.50. The molecule has 0 spiro atoms. The van der Waals surface area contributed by atoms with Crippen LogP contribution in [0.25, 0.3) is 16.8 Å². The van der Waals surface area contributed by atoms with Crippen molar-refractivity contribution in [3.63, 3.8) is 0 Å². The number of imide groups is 1. The zero-order valence-electron chi connectivity index (χ0n) is 21.1. The third-order valence-corrected chi connectivity index (χ3v) is 7.40. The summed E-state index contributed by atoms with van der Waals surface area (Å²) >= 11 is 0.825. The van der Waals surface area contributed by atoms with E-state index in [1.807, 2.05) is 92.7 Å². The first kappa shape index (κ1) is 25.3. The molecule has 0 radical (unpaired) electrons. The molecule has 1 aliphatic rings. The van der Waals surface area contributed by atoms with Crippen molar-refractivity contribution in [2.45, 2.75) is 20.5 Å². The first-order valence-electron chi connectivity index (χ1n) is 12.2. The van der Waals surface area contributed by atoms with Crippen LogP contribution >= 0.6 is 11.8 Å². The Morgan fingerprint density at radius 2 is 1.68 bits per heavy atom. The highest BCUT2D eigenvalue weighted by Gasteiger charge is 2.36. The summed E-state index contributed by atoms with van der Waals surface area (Å²) in [5.74, 6) is -0.329. The molecule has 7 heteroatoms. The largest absolute Gasteiger partial charge is 0.488 e. The molecule has 0 saturated carbocycles. The van der Waals surface area contributed by atoms with E-state index in [0.717, 1.165) is 44.1 Å². The number of nitrogens with zero attached hydrogens (tertiary/aromatic N) is 1. The lowest BCUT2D eigenvalue weighted by atomic mass is 10.0. The molecular formula is C31H26N2O4S. The van der Waals surface area contributed by atoms with Crippen LogP contribution < -0.4 is 10.1 Å². The van der Waals surface area contributed by atoms with Crippen LogP contribution in [-0.4, -0.2) is 28.5 Å². The van der Waals surface area contributed by atoms with Crippen LogP contribution in [0.5, 0.6) is 5.75 Å². The van der Waals surface area contributed by atoms with E-state index in [4.69, 9.17) is 4.74 Å². The fourth-order valence-electron chi connectivity index (χ4n) is 4.27. The summed E-state index contributed by atoms with van der Waals surface area (Å²) in [4.78, 5) is 40.0. The monoisotopic (exact) mass is 522 g/mol. The maximum atomic E-state index is 13.3. The number of anilines is 1. The van der Waals surface area contributed by atoms with E-state index in [1.54, 1.807) is 12.1 Å². The van der Waals surface area contributed by atoms with Crippen LogP contribution in [0.3, 0.4) is 0 Å². The van der Waals surface area contributed by atoms with Crippen molar-refractivity contribution in [2.75, 3.05) is 11.9 Å². The first-order valence-corrected chi connectivity index (χ1v) is 13.0. The second-order valence-electron chi connectivity index (χ2n) is 9.04. The van der Waals surface area contributed by atoms with Gasteiger partial charge in [0.1, 0.15) is 18.9 Å². The lowest BCUT2D eigenvalue weighted by molar-refractivity contribution is -0.127. The van der Waals surface area contributed by atoms with Gasteiger partial charge in [-0.3, -0.25) is 19.3 Å². The van der Waals surface area contributed by atoms with Crippen molar-refractivity contribution in [3.05, 3.63) is 112 Å². The molecule has 0 atom stereocenters. The van der Waals surface area contributed by atoms with Crippen LogP contribution in [0.2, 0.25) is 0 Å². The zero-order chi connectivity index (χ0) is 26.6. The Hall–Kier alpha value is -4.36. The highest BCUT2D eigenvalue weighted by atomic mass is 32.2. The summed E-state index contributed by atoms with van der Waals surface area (Å²) in [7, 11) is 0. The number of benzene rings is 4. The number of rotatable bonds is 7. The molecule has 0 unspecified atom stereocenters. The Labute approximate surface area is 225 Å². The molecule has 0 bridgehead atoms. The summed E-state index contributed by atoms with van der Waals surface area (Å²) in [5, 5.41) is 4.22. The maximum Gasteiger partial charge on any atom is 0.294 e. The molecule has 4 aromatic rings. The molecule has 1 N–H and O–H groups in total. The first-order chi connectivity index (χ1) is 18.4. The summed E-state index contributed by atoms with van der Waals surface area (Å²) in [6.45, 7) is 3.87. The quantitative estimate of drug-likeness (QED) is 0.273. The fraction of sp³-hybridized carbons (Fsp3) is 0.129. The smallest absolute Gasteiger partial charge is 0.294 e. The zero-order valence-corrected chi connectivity index (χ0v) is 21.9. The molecule has 4 aromatic carbocycles. The third kappa shape index (κ3) is 5.33. The number of carbonyl (C=O) groups excluding carboxylic acids is 3. The van der Waals surface area contributed by atoms with Gasteiger partial charge in [0.2, 0.25) is 5.91 Å². The Kier molecular flexibility index (Phi) is 7.29. The van der Waals surface area contributed by atoms with Crippen LogP contribution in [0.1, 0.15) is 22.3 Å². The highest BCUT2D eigenvalue weighted by Crippen LogP contribution is 2.37. The molecule has 3 amide bonds. The van der Waals surface area contributed by atoms with E-state index < -0.39 is 17.1 Å².